The molecule has 1 aliphatic heterocycles. The molecule has 1 saturated heterocycles. The van der Waals surface area contributed by atoms with E-state index in [0.29, 0.717) is 72.8 Å². The third-order valence-corrected chi connectivity index (χ3v) is 10.9. The quantitative estimate of drug-likeness (QED) is 0.0341. The van der Waals surface area contributed by atoms with Crippen LogP contribution in [0.25, 0.3) is 0 Å². The lowest BCUT2D eigenvalue weighted by Gasteiger charge is -2.43. The Balaban J connectivity index is 1.36. The first kappa shape index (κ1) is 54.5. The molecule has 30 heteroatoms. The number of hydrogen-bond acceptors (Lipinski definition) is 30. The second-order valence-electron chi connectivity index (χ2n) is 16.2. The molecule has 1 aliphatic rings. The van der Waals surface area contributed by atoms with Crippen molar-refractivity contribution in [1.82, 2.24) is 0 Å². The number of phenolic OH excluding ortho intramolecular Hbond substituents is 17. The second-order valence-corrected chi connectivity index (χ2v) is 16.2. The highest BCUT2D eigenvalue weighted by Crippen LogP contribution is 2.43. The highest BCUT2D eigenvalue weighted by atomic mass is 16.7. The fraction of sp³-hybridized carbons (Fsp3) is 0.125. The van der Waals surface area contributed by atoms with Crippen molar-refractivity contribution >= 4 is 35.8 Å². The molecule has 7 rings (SSSR count). The van der Waals surface area contributed by atoms with Gasteiger partial charge in [0.2, 0.25) is 18.1 Å². The van der Waals surface area contributed by atoms with E-state index in [1.807, 2.05) is 0 Å². The first-order chi connectivity index (χ1) is 36.6. The van der Waals surface area contributed by atoms with Gasteiger partial charge in [-0.05, 0) is 72.8 Å². The smallest absolute Gasteiger partial charge is 0.344 e. The average Bonchev–Trinajstić information content (AvgIpc) is 3.39. The van der Waals surface area contributed by atoms with E-state index in [-0.39, 0.29) is 0 Å². The summed E-state index contributed by atoms with van der Waals surface area (Å²) in [5.74, 6) is -30.1. The Bertz CT molecular complexity index is 3320. The summed E-state index contributed by atoms with van der Waals surface area (Å²) in [6.07, 6.45) is -12.7. The topological polar surface area (TPSA) is 511 Å². The van der Waals surface area contributed by atoms with Crippen LogP contribution < -0.4 is 4.74 Å². The Morgan fingerprint density at radius 3 is 0.910 bits per heavy atom. The summed E-state index contributed by atoms with van der Waals surface area (Å²) in [7, 11) is 0. The minimum absolute atomic E-state index is 0.453. The number of hydrogen-bond donors (Lipinski definition) is 17. The highest BCUT2D eigenvalue weighted by Gasteiger charge is 2.55. The van der Waals surface area contributed by atoms with Crippen molar-refractivity contribution in [3.8, 4) is 103 Å². The van der Waals surface area contributed by atoms with Gasteiger partial charge in [0.05, 0.1) is 33.4 Å². The van der Waals surface area contributed by atoms with Crippen molar-refractivity contribution in [2.75, 3.05) is 6.61 Å². The summed E-state index contributed by atoms with van der Waals surface area (Å²) < 4.78 is 38.4. The van der Waals surface area contributed by atoms with Gasteiger partial charge in [-0.1, -0.05) is 0 Å². The number of aromatic hydroxyl groups is 17. The minimum Gasteiger partial charge on any atom is -0.504 e. The standard InChI is InChI=1S/C48H36O30/c49-20-1-14(2-21(50)33(20)61)42(66)72-13-32-39(75-44(68)16-5-24(53)35(63)25(54)6-16)40(76-45(69)17-7-26(55)36(64)27(56)8-17)41(48(73-32)78-47(71)18-9-28(57)37(65)29(58)10-18)77-46(70)19-11-30(59)38(31(60)12-19)74-43(67)15-3-22(51)34(62)23(52)4-15/h1-12,32,39-41,48-65H,13H2/t32?,39-,40?,41?,48+/m1/s1. The minimum atomic E-state index is -2.67. The molecule has 6 aromatic carbocycles. The van der Waals surface area contributed by atoms with Gasteiger partial charge < -0.3 is 120 Å². The predicted octanol–water partition coefficient (Wildman–Crippen LogP) is 2.32. The Morgan fingerprint density at radius 2 is 0.577 bits per heavy atom. The summed E-state index contributed by atoms with van der Waals surface area (Å²) in [6.45, 7) is -1.32. The fourth-order valence-electron chi connectivity index (χ4n) is 7.08. The number of rotatable bonds is 13. The van der Waals surface area contributed by atoms with Crippen LogP contribution in [0.15, 0.2) is 72.8 Å². The van der Waals surface area contributed by atoms with Gasteiger partial charge in [-0.25, -0.2) is 28.8 Å². The molecule has 1 heterocycles. The van der Waals surface area contributed by atoms with Gasteiger partial charge in [-0.15, -0.1) is 0 Å². The van der Waals surface area contributed by atoms with E-state index >= 15 is 0 Å². The van der Waals surface area contributed by atoms with Crippen LogP contribution in [0, 0.1) is 0 Å². The Hall–Kier alpha value is -11.3. The molecule has 0 saturated carbocycles. The van der Waals surface area contributed by atoms with E-state index in [9.17, 15) is 116 Å². The molecule has 0 bridgehead atoms. The molecule has 6 aromatic rings. The van der Waals surface area contributed by atoms with Gasteiger partial charge in [-0.3, -0.25) is 0 Å². The van der Waals surface area contributed by atoms with Crippen LogP contribution in [0.2, 0.25) is 0 Å². The maximum atomic E-state index is 14.3. The first-order valence-electron chi connectivity index (χ1n) is 21.3. The van der Waals surface area contributed by atoms with E-state index < -0.39 is 210 Å². The van der Waals surface area contributed by atoms with Crippen molar-refractivity contribution in [2.24, 2.45) is 0 Å². The Kier molecular flexibility index (Phi) is 14.9. The molecule has 17 N–H and O–H groups in total. The summed E-state index contributed by atoms with van der Waals surface area (Å²) in [4.78, 5) is 82.5. The number of carbonyl (C=O) groups excluding carboxylic acids is 6. The largest absolute Gasteiger partial charge is 0.504 e. The third kappa shape index (κ3) is 11.1. The summed E-state index contributed by atoms with van der Waals surface area (Å²) in [5.41, 5.74) is -4.89. The van der Waals surface area contributed by atoms with E-state index in [4.69, 9.17) is 33.2 Å². The molecule has 0 aliphatic carbocycles. The van der Waals surface area contributed by atoms with Gasteiger partial charge in [0.15, 0.2) is 110 Å². The van der Waals surface area contributed by atoms with Crippen LogP contribution >= 0.6 is 0 Å². The SMILES string of the molecule is O=C(OCC1O[C@@H](OC(=O)c2cc(O)c(O)c(O)c2)C(OC(=O)c2cc(O)c(OC(=O)c3cc(O)c(O)c(O)c3)c(O)c2)C(OC(=O)c2cc(O)c(O)c(O)c2)[C@@H]1OC(=O)c1cc(O)c(O)c(O)c1)c1cc(O)c(O)c(O)c1. The molecule has 78 heavy (non-hydrogen) atoms. The van der Waals surface area contributed by atoms with Crippen molar-refractivity contribution in [2.45, 2.75) is 30.7 Å². The van der Waals surface area contributed by atoms with Gasteiger partial charge in [0.25, 0.3) is 0 Å². The molecule has 5 atom stereocenters. The fourth-order valence-corrected chi connectivity index (χ4v) is 7.08. The zero-order valence-corrected chi connectivity index (χ0v) is 38.4. The molecule has 3 unspecified atom stereocenters. The zero-order chi connectivity index (χ0) is 57.3. The maximum absolute atomic E-state index is 14.3. The van der Waals surface area contributed by atoms with Crippen LogP contribution in [0.1, 0.15) is 62.1 Å². The van der Waals surface area contributed by atoms with Crippen molar-refractivity contribution in [1.29, 1.82) is 0 Å². The van der Waals surface area contributed by atoms with Gasteiger partial charge in [-0.2, -0.15) is 0 Å². The van der Waals surface area contributed by atoms with Crippen LogP contribution in [0.4, 0.5) is 0 Å². The molecular weight excluding hydrogens is 1060 g/mol. The summed E-state index contributed by atoms with van der Waals surface area (Å²) >= 11 is 0. The van der Waals surface area contributed by atoms with Gasteiger partial charge >= 0.3 is 35.8 Å². The number of phenols is 17. The van der Waals surface area contributed by atoms with Crippen LogP contribution in [0.3, 0.4) is 0 Å². The molecule has 0 spiro atoms. The van der Waals surface area contributed by atoms with Crippen LogP contribution in [-0.2, 0) is 28.4 Å². The average molecular weight is 1090 g/mol. The number of ether oxygens (including phenoxy) is 7. The molecule has 0 amide bonds. The Morgan fingerprint density at radius 1 is 0.321 bits per heavy atom. The van der Waals surface area contributed by atoms with E-state index in [1.165, 1.54) is 0 Å². The Labute approximate surface area is 430 Å². The highest BCUT2D eigenvalue weighted by molar-refractivity contribution is 5.96. The third-order valence-electron chi connectivity index (χ3n) is 10.9. The van der Waals surface area contributed by atoms with E-state index in [0.717, 1.165) is 0 Å². The van der Waals surface area contributed by atoms with Crippen molar-refractivity contribution < 1.29 is 149 Å². The summed E-state index contributed by atoms with van der Waals surface area (Å²) in [5, 5.41) is 172. The van der Waals surface area contributed by atoms with Crippen molar-refractivity contribution in [3.63, 3.8) is 0 Å². The van der Waals surface area contributed by atoms with Gasteiger partial charge in [0, 0.05) is 0 Å². The molecule has 0 aromatic heterocycles. The normalized spacial score (nSPS) is 16.7. The van der Waals surface area contributed by atoms with Gasteiger partial charge in [0.1, 0.15) is 12.7 Å². The van der Waals surface area contributed by atoms with Crippen LogP contribution in [-0.4, -0.2) is 160 Å². The zero-order valence-electron chi connectivity index (χ0n) is 38.4. The predicted molar refractivity (Wildman–Crippen MR) is 244 cm³/mol. The number of esters is 6. The number of carbonyl (C=O) groups is 6. The molecule has 30 nitrogen and oxygen atoms in total. The molecule has 0 radical (unpaired) electrons. The molecular formula is C48H36O30. The first-order valence-corrected chi connectivity index (χ1v) is 21.3. The molecule has 1 fully saturated rings. The van der Waals surface area contributed by atoms with E-state index in [2.05, 4.69) is 0 Å². The maximum Gasteiger partial charge on any atom is 0.344 e. The molecule has 408 valence electrons. The van der Waals surface area contributed by atoms with Crippen molar-refractivity contribution in [3.05, 3.63) is 106 Å². The van der Waals surface area contributed by atoms with E-state index in [1.54, 1.807) is 0 Å². The summed E-state index contributed by atoms with van der Waals surface area (Å²) in [6, 6.07) is 6.38. The monoisotopic (exact) mass is 1090 g/mol. The lowest BCUT2D eigenvalue weighted by atomic mass is 9.97. The lowest BCUT2D eigenvalue weighted by Crippen LogP contribution is -2.63. The number of benzene rings is 6. The second kappa shape index (κ2) is 21.3. The van der Waals surface area contributed by atoms with Crippen LogP contribution in [0.5, 0.6) is 103 Å². The lowest BCUT2D eigenvalue weighted by molar-refractivity contribution is -0.282.